The van der Waals surface area contributed by atoms with E-state index >= 15 is 0 Å². The summed E-state index contributed by atoms with van der Waals surface area (Å²) >= 11 is 0. The zero-order valence-corrected chi connectivity index (χ0v) is 13.7. The van der Waals surface area contributed by atoms with Gasteiger partial charge in [0.15, 0.2) is 0 Å². The van der Waals surface area contributed by atoms with E-state index < -0.39 is 0 Å². The van der Waals surface area contributed by atoms with Gasteiger partial charge in [-0.3, -0.25) is 4.90 Å². The topological polar surface area (TPSA) is 32.5 Å². The van der Waals surface area contributed by atoms with Crippen LogP contribution in [0.25, 0.3) is 0 Å². The maximum absolute atomic E-state index is 6.31. The Labute approximate surface area is 130 Å². The fraction of sp³-hybridized carbons (Fsp3) is 0.667. The third-order valence-electron chi connectivity index (χ3n) is 4.62. The lowest BCUT2D eigenvalue weighted by molar-refractivity contribution is 0.192. The van der Waals surface area contributed by atoms with E-state index in [2.05, 4.69) is 54.1 Å². The Balaban J connectivity index is 1.68. The van der Waals surface area contributed by atoms with Crippen molar-refractivity contribution in [3.63, 3.8) is 0 Å². The predicted molar refractivity (Wildman–Crippen MR) is 90.5 cm³/mol. The van der Waals surface area contributed by atoms with Crippen LogP contribution in [0.4, 0.5) is 0 Å². The molecule has 1 aliphatic heterocycles. The Morgan fingerprint density at radius 1 is 1.33 bits per heavy atom. The standard InChI is InChI=1S/C18H31N3/c1-3-21-13-7-10-18(21)15-20(2)14-17(19)12-11-16-8-5-4-6-9-16/h4-6,8-9,17-18H,3,7,10-15,19H2,1-2H3. The highest BCUT2D eigenvalue weighted by molar-refractivity contribution is 5.14. The molecule has 0 amide bonds. The van der Waals surface area contributed by atoms with Crippen molar-refractivity contribution >= 4 is 0 Å². The minimum absolute atomic E-state index is 0.270. The van der Waals surface area contributed by atoms with Crippen LogP contribution >= 0.6 is 0 Å². The molecule has 1 fully saturated rings. The molecular weight excluding hydrogens is 258 g/mol. The van der Waals surface area contributed by atoms with E-state index in [9.17, 15) is 0 Å². The molecule has 0 radical (unpaired) electrons. The summed E-state index contributed by atoms with van der Waals surface area (Å²) in [6, 6.07) is 11.7. The van der Waals surface area contributed by atoms with Crippen LogP contribution in [0.5, 0.6) is 0 Å². The molecule has 21 heavy (non-hydrogen) atoms. The van der Waals surface area contributed by atoms with Crippen molar-refractivity contribution in [2.45, 2.75) is 44.7 Å². The largest absolute Gasteiger partial charge is 0.327 e. The zero-order chi connectivity index (χ0) is 15.1. The smallest absolute Gasteiger partial charge is 0.0223 e. The number of nitrogens with zero attached hydrogens (tertiary/aromatic N) is 2. The van der Waals surface area contributed by atoms with Crippen molar-refractivity contribution in [1.82, 2.24) is 9.80 Å². The molecule has 2 rings (SSSR count). The molecule has 2 unspecified atom stereocenters. The fourth-order valence-electron chi connectivity index (χ4n) is 3.44. The van der Waals surface area contributed by atoms with Crippen molar-refractivity contribution in [1.29, 1.82) is 0 Å². The van der Waals surface area contributed by atoms with Crippen molar-refractivity contribution in [3.05, 3.63) is 35.9 Å². The lowest BCUT2D eigenvalue weighted by Crippen LogP contribution is -2.43. The SMILES string of the molecule is CCN1CCCC1CN(C)CC(N)CCc1ccccc1. The first-order valence-electron chi connectivity index (χ1n) is 8.41. The van der Waals surface area contributed by atoms with Crippen LogP contribution < -0.4 is 5.73 Å². The summed E-state index contributed by atoms with van der Waals surface area (Å²) in [5, 5.41) is 0. The average Bonchev–Trinajstić information content (AvgIpc) is 2.93. The first-order valence-corrected chi connectivity index (χ1v) is 8.41. The van der Waals surface area contributed by atoms with Gasteiger partial charge in [-0.25, -0.2) is 0 Å². The highest BCUT2D eigenvalue weighted by atomic mass is 15.2. The highest BCUT2D eigenvalue weighted by Gasteiger charge is 2.24. The van der Waals surface area contributed by atoms with Crippen LogP contribution in [0.3, 0.4) is 0 Å². The Morgan fingerprint density at radius 3 is 2.81 bits per heavy atom. The molecule has 3 heteroatoms. The number of hydrogen-bond acceptors (Lipinski definition) is 3. The molecule has 118 valence electrons. The van der Waals surface area contributed by atoms with Gasteiger partial charge in [0.2, 0.25) is 0 Å². The second kappa shape index (κ2) is 8.52. The van der Waals surface area contributed by atoms with Crippen LogP contribution in [0, 0.1) is 0 Å². The summed E-state index contributed by atoms with van der Waals surface area (Å²) in [6.45, 7) is 6.88. The number of likely N-dealkylation sites (tertiary alicyclic amines) is 1. The van der Waals surface area contributed by atoms with E-state index in [4.69, 9.17) is 5.73 Å². The molecule has 1 aliphatic rings. The lowest BCUT2D eigenvalue weighted by atomic mass is 10.1. The Kier molecular flexibility index (Phi) is 6.68. The Morgan fingerprint density at radius 2 is 2.10 bits per heavy atom. The molecule has 0 saturated carbocycles. The van der Waals surface area contributed by atoms with Crippen LogP contribution in [0.1, 0.15) is 31.7 Å². The number of rotatable bonds is 8. The van der Waals surface area contributed by atoms with Gasteiger partial charge in [0.1, 0.15) is 0 Å². The van der Waals surface area contributed by atoms with Gasteiger partial charge in [-0.15, -0.1) is 0 Å². The maximum atomic E-state index is 6.31. The summed E-state index contributed by atoms with van der Waals surface area (Å²) in [7, 11) is 2.22. The Bertz CT molecular complexity index is 393. The van der Waals surface area contributed by atoms with Gasteiger partial charge in [-0.2, -0.15) is 0 Å². The molecule has 0 bridgehead atoms. The molecule has 1 aromatic carbocycles. The third-order valence-corrected chi connectivity index (χ3v) is 4.62. The second-order valence-corrected chi connectivity index (χ2v) is 6.43. The van der Waals surface area contributed by atoms with Gasteiger partial charge in [0.05, 0.1) is 0 Å². The summed E-state index contributed by atoms with van der Waals surface area (Å²) in [6.07, 6.45) is 4.85. The van der Waals surface area contributed by atoms with Gasteiger partial charge in [0.25, 0.3) is 0 Å². The minimum atomic E-state index is 0.270. The van der Waals surface area contributed by atoms with Crippen LogP contribution in [0.2, 0.25) is 0 Å². The molecule has 1 heterocycles. The maximum Gasteiger partial charge on any atom is 0.0223 e. The van der Waals surface area contributed by atoms with Gasteiger partial charge < -0.3 is 10.6 Å². The first-order chi connectivity index (χ1) is 10.2. The molecule has 1 saturated heterocycles. The van der Waals surface area contributed by atoms with Crippen LogP contribution in [0.15, 0.2) is 30.3 Å². The number of benzene rings is 1. The third kappa shape index (κ3) is 5.42. The van der Waals surface area contributed by atoms with Gasteiger partial charge in [-0.05, 0) is 51.4 Å². The van der Waals surface area contributed by atoms with Gasteiger partial charge in [0, 0.05) is 25.2 Å². The van der Waals surface area contributed by atoms with Crippen LogP contribution in [-0.4, -0.2) is 55.1 Å². The predicted octanol–water partition coefficient (Wildman–Crippen LogP) is 2.36. The molecule has 0 aromatic heterocycles. The van der Waals surface area contributed by atoms with Crippen molar-refractivity contribution in [2.24, 2.45) is 5.73 Å². The number of likely N-dealkylation sites (N-methyl/N-ethyl adjacent to an activating group) is 2. The highest BCUT2D eigenvalue weighted by Crippen LogP contribution is 2.17. The fourth-order valence-corrected chi connectivity index (χ4v) is 3.44. The average molecular weight is 289 g/mol. The quantitative estimate of drug-likeness (QED) is 0.797. The second-order valence-electron chi connectivity index (χ2n) is 6.43. The van der Waals surface area contributed by atoms with Crippen LogP contribution in [-0.2, 0) is 6.42 Å². The number of aryl methyl sites for hydroxylation is 1. The summed E-state index contributed by atoms with van der Waals surface area (Å²) < 4.78 is 0. The number of hydrogen-bond donors (Lipinski definition) is 1. The van der Waals surface area contributed by atoms with Gasteiger partial charge in [-0.1, -0.05) is 37.3 Å². The van der Waals surface area contributed by atoms with Crippen molar-refractivity contribution < 1.29 is 0 Å². The normalized spacial score (nSPS) is 21.0. The molecule has 1 aromatic rings. The molecule has 0 aliphatic carbocycles. The van der Waals surface area contributed by atoms with E-state index in [1.54, 1.807) is 0 Å². The van der Waals surface area contributed by atoms with E-state index in [0.717, 1.165) is 32.0 Å². The molecule has 3 nitrogen and oxygen atoms in total. The van der Waals surface area contributed by atoms with E-state index in [1.165, 1.54) is 31.5 Å². The monoisotopic (exact) mass is 289 g/mol. The molecule has 2 N–H and O–H groups in total. The van der Waals surface area contributed by atoms with E-state index in [1.807, 2.05) is 0 Å². The van der Waals surface area contributed by atoms with Crippen molar-refractivity contribution in [3.8, 4) is 0 Å². The van der Waals surface area contributed by atoms with Crippen molar-refractivity contribution in [2.75, 3.05) is 33.2 Å². The molecular formula is C18H31N3. The summed E-state index contributed by atoms with van der Waals surface area (Å²) in [4.78, 5) is 5.03. The minimum Gasteiger partial charge on any atom is -0.327 e. The summed E-state index contributed by atoms with van der Waals surface area (Å²) in [5.41, 5.74) is 7.70. The Hall–Kier alpha value is -0.900. The zero-order valence-electron chi connectivity index (χ0n) is 13.7. The first kappa shape index (κ1) is 16.5. The molecule has 2 atom stereocenters. The van der Waals surface area contributed by atoms with Gasteiger partial charge >= 0.3 is 0 Å². The summed E-state index contributed by atoms with van der Waals surface area (Å²) in [5.74, 6) is 0. The van der Waals surface area contributed by atoms with E-state index in [0.29, 0.717) is 0 Å². The van der Waals surface area contributed by atoms with E-state index in [-0.39, 0.29) is 6.04 Å². The number of nitrogens with two attached hydrogens (primary N) is 1. The molecule has 0 spiro atoms. The lowest BCUT2D eigenvalue weighted by Gasteiger charge is -2.29.